The number of nitrogens with one attached hydrogen (secondary N) is 2. The molecule has 2 aromatic carbocycles. The quantitative estimate of drug-likeness (QED) is 0.208. The Balaban J connectivity index is 0.000000468. The second-order valence-electron chi connectivity index (χ2n) is 10.9. The van der Waals surface area contributed by atoms with Crippen molar-refractivity contribution in [1.82, 2.24) is 14.8 Å². The number of hydrogen-bond acceptors (Lipinski definition) is 6. The molecule has 0 bridgehead atoms. The number of benzene rings is 2. The lowest BCUT2D eigenvalue weighted by atomic mass is 9.93. The number of carbonyl (C=O) groups excluding carboxylic acids is 2. The van der Waals surface area contributed by atoms with Gasteiger partial charge in [0.1, 0.15) is 0 Å². The molecule has 0 unspecified atom stereocenters. The van der Waals surface area contributed by atoms with Crippen LogP contribution in [0.3, 0.4) is 0 Å². The first-order valence-corrected chi connectivity index (χ1v) is 14.8. The number of hydrogen-bond donors (Lipinski definition) is 5. The van der Waals surface area contributed by atoms with E-state index in [4.69, 9.17) is 15.3 Å². The molecule has 11 nitrogen and oxygen atoms in total. The molecule has 2 amide bonds. The number of fused-ring (bicyclic) bond motifs is 2. The Morgan fingerprint density at radius 3 is 2.35 bits per heavy atom. The molecule has 2 aliphatic heterocycles. The van der Waals surface area contributed by atoms with E-state index in [1.54, 1.807) is 24.3 Å². The zero-order chi connectivity index (χ0) is 33.7. The summed E-state index contributed by atoms with van der Waals surface area (Å²) in [6.45, 7) is 10.1. The van der Waals surface area contributed by atoms with Crippen LogP contribution in [-0.2, 0) is 20.8 Å². The molecule has 0 spiro atoms. The van der Waals surface area contributed by atoms with E-state index in [0.717, 1.165) is 37.0 Å². The average molecular weight is 639 g/mol. The monoisotopic (exact) mass is 638 g/mol. The number of nitrogens with zero attached hydrogens (tertiary/aromatic N) is 2. The smallest absolute Gasteiger partial charge is 0.333 e. The predicted molar refractivity (Wildman–Crippen MR) is 167 cm³/mol. The second kappa shape index (κ2) is 14.5. The first kappa shape index (κ1) is 34.0. The summed E-state index contributed by atoms with van der Waals surface area (Å²) < 4.78 is 28.7. The number of H-pyrrole nitrogens is 1. The van der Waals surface area contributed by atoms with E-state index >= 15 is 0 Å². The highest BCUT2D eigenvalue weighted by atomic mass is 19.2. The number of aromatic amines is 1. The molecule has 3 heterocycles. The van der Waals surface area contributed by atoms with Crippen LogP contribution in [-0.4, -0.2) is 92.7 Å². The molecule has 5 rings (SSSR count). The summed E-state index contributed by atoms with van der Waals surface area (Å²) in [5.74, 6) is -5.10. The summed E-state index contributed by atoms with van der Waals surface area (Å²) in [5.41, 5.74) is 4.83. The SMILES string of the molecule is CCN(CC)CCN1CCc2[nH]c(/C=C3\C(=O)Nc4cccc(-c5cccc(F)c5F)c43)c(C)c2C1=O.O=C(O)C[C@H](O)C(=O)O. The van der Waals surface area contributed by atoms with Crippen molar-refractivity contribution >= 4 is 41.1 Å². The molecule has 2 aliphatic rings. The van der Waals surface area contributed by atoms with Crippen molar-refractivity contribution in [1.29, 1.82) is 0 Å². The fraction of sp³-hybridized carbons (Fsp3) is 0.333. The minimum Gasteiger partial charge on any atom is -0.481 e. The highest BCUT2D eigenvalue weighted by molar-refractivity contribution is 6.36. The lowest BCUT2D eigenvalue weighted by Gasteiger charge is -2.29. The summed E-state index contributed by atoms with van der Waals surface area (Å²) in [5, 5.41) is 27.0. The van der Waals surface area contributed by atoms with Crippen LogP contribution in [0.2, 0.25) is 0 Å². The minimum atomic E-state index is -1.79. The fourth-order valence-electron chi connectivity index (χ4n) is 5.54. The molecule has 0 fully saturated rings. The lowest BCUT2D eigenvalue weighted by Crippen LogP contribution is -2.42. The molecule has 46 heavy (non-hydrogen) atoms. The van der Waals surface area contributed by atoms with Gasteiger partial charge in [-0.2, -0.15) is 0 Å². The van der Waals surface area contributed by atoms with Gasteiger partial charge >= 0.3 is 11.9 Å². The van der Waals surface area contributed by atoms with Crippen LogP contribution in [0.1, 0.15) is 53.1 Å². The number of aromatic nitrogens is 1. The molecule has 0 saturated carbocycles. The van der Waals surface area contributed by atoms with Crippen molar-refractivity contribution in [2.24, 2.45) is 0 Å². The van der Waals surface area contributed by atoms with Crippen molar-refractivity contribution < 1.29 is 43.3 Å². The number of aliphatic carboxylic acids is 2. The van der Waals surface area contributed by atoms with E-state index in [1.165, 1.54) is 12.1 Å². The zero-order valence-electron chi connectivity index (χ0n) is 25.7. The van der Waals surface area contributed by atoms with Crippen molar-refractivity contribution in [3.63, 3.8) is 0 Å². The van der Waals surface area contributed by atoms with Gasteiger partial charge in [0, 0.05) is 54.3 Å². The van der Waals surface area contributed by atoms with Crippen LogP contribution in [0.15, 0.2) is 36.4 Å². The summed E-state index contributed by atoms with van der Waals surface area (Å²) >= 11 is 0. The number of aliphatic hydroxyl groups is 1. The Bertz CT molecular complexity index is 1700. The van der Waals surface area contributed by atoms with Crippen LogP contribution in [0.4, 0.5) is 14.5 Å². The van der Waals surface area contributed by atoms with Gasteiger partial charge in [-0.05, 0) is 49.3 Å². The number of likely N-dealkylation sites (N-methyl/N-ethyl adjacent to an activating group) is 1. The average Bonchev–Trinajstić information content (AvgIpc) is 3.51. The van der Waals surface area contributed by atoms with Gasteiger partial charge in [-0.3, -0.25) is 14.4 Å². The maximum Gasteiger partial charge on any atom is 0.333 e. The van der Waals surface area contributed by atoms with Crippen LogP contribution in [0.5, 0.6) is 0 Å². The number of carbonyl (C=O) groups is 4. The summed E-state index contributed by atoms with van der Waals surface area (Å²) in [4.78, 5) is 53.3. The molecule has 244 valence electrons. The molecule has 13 heteroatoms. The number of carboxylic acid groups (broad SMARTS) is 2. The van der Waals surface area contributed by atoms with Crippen LogP contribution in [0.25, 0.3) is 22.8 Å². The number of anilines is 1. The molecule has 1 atom stereocenters. The first-order valence-electron chi connectivity index (χ1n) is 14.8. The third kappa shape index (κ3) is 7.16. The third-order valence-electron chi connectivity index (χ3n) is 8.09. The maximum atomic E-state index is 14.7. The standard InChI is InChI=1S/C29H30F2N4O2.C4H6O5/c1-4-34(5-2)14-15-35-13-12-23-25(29(35)37)17(3)24(32-23)16-20-26-18(8-7-11-22(26)33-28(20)36)19-9-6-10-21(30)27(19)31;5-2(4(8)9)1-3(6)7/h6-11,16,32H,4-5,12-15H2,1-3H3,(H,33,36);2,5H,1H2,(H,6,7)(H,8,9)/b20-16-;/t;2-/m.0/s1. The van der Waals surface area contributed by atoms with Gasteiger partial charge in [0.15, 0.2) is 17.7 Å². The Morgan fingerprint density at radius 2 is 1.72 bits per heavy atom. The van der Waals surface area contributed by atoms with Gasteiger partial charge in [-0.15, -0.1) is 0 Å². The Morgan fingerprint density at radius 1 is 1.04 bits per heavy atom. The van der Waals surface area contributed by atoms with Gasteiger partial charge in [0.05, 0.1) is 17.6 Å². The van der Waals surface area contributed by atoms with Gasteiger partial charge in [0.25, 0.3) is 11.8 Å². The Labute approximate surface area is 264 Å². The van der Waals surface area contributed by atoms with Crippen LogP contribution >= 0.6 is 0 Å². The topological polar surface area (TPSA) is 163 Å². The number of carboxylic acids is 2. The van der Waals surface area contributed by atoms with E-state index in [0.29, 0.717) is 53.2 Å². The summed E-state index contributed by atoms with van der Waals surface area (Å²) in [6.07, 6.45) is -0.132. The normalized spacial score (nSPS) is 15.3. The van der Waals surface area contributed by atoms with Crippen molar-refractivity contribution in [2.75, 3.05) is 38.0 Å². The molecule has 0 saturated heterocycles. The molecule has 5 N–H and O–H groups in total. The van der Waals surface area contributed by atoms with Gasteiger partial charge < -0.3 is 35.4 Å². The van der Waals surface area contributed by atoms with Crippen molar-refractivity contribution in [2.45, 2.75) is 39.7 Å². The summed E-state index contributed by atoms with van der Waals surface area (Å²) in [6, 6.07) is 9.12. The molecule has 3 aromatic rings. The van der Waals surface area contributed by atoms with Crippen molar-refractivity contribution in [3.05, 3.63) is 76.1 Å². The van der Waals surface area contributed by atoms with Gasteiger partial charge in [-0.25, -0.2) is 13.6 Å². The first-order chi connectivity index (χ1) is 21.9. The summed E-state index contributed by atoms with van der Waals surface area (Å²) in [7, 11) is 0. The predicted octanol–water partition coefficient (Wildman–Crippen LogP) is 4.01. The van der Waals surface area contributed by atoms with E-state index < -0.39 is 36.1 Å². The van der Waals surface area contributed by atoms with E-state index in [9.17, 15) is 28.0 Å². The van der Waals surface area contributed by atoms with Crippen molar-refractivity contribution in [3.8, 4) is 11.1 Å². The number of amides is 2. The van der Waals surface area contributed by atoms with E-state index in [2.05, 4.69) is 29.0 Å². The highest BCUT2D eigenvalue weighted by Gasteiger charge is 2.32. The molecular formula is C33H36F2N4O7. The van der Waals surface area contributed by atoms with Gasteiger partial charge in [0.2, 0.25) is 0 Å². The third-order valence-corrected chi connectivity index (χ3v) is 8.09. The lowest BCUT2D eigenvalue weighted by molar-refractivity contribution is -0.152. The van der Waals surface area contributed by atoms with Crippen LogP contribution in [0, 0.1) is 18.6 Å². The Hall–Kier alpha value is -4.88. The van der Waals surface area contributed by atoms with Gasteiger partial charge in [-0.1, -0.05) is 38.1 Å². The molecule has 0 radical (unpaired) electrons. The Kier molecular flexibility index (Phi) is 10.7. The second-order valence-corrected chi connectivity index (χ2v) is 10.9. The number of rotatable bonds is 10. The fourth-order valence-corrected chi connectivity index (χ4v) is 5.54. The minimum absolute atomic E-state index is 0.00870. The number of halogens is 2. The maximum absolute atomic E-state index is 14.7. The van der Waals surface area contributed by atoms with E-state index in [-0.39, 0.29) is 17.4 Å². The van der Waals surface area contributed by atoms with Crippen LogP contribution < -0.4 is 5.32 Å². The molecule has 0 aliphatic carbocycles. The molecule has 1 aromatic heterocycles. The largest absolute Gasteiger partial charge is 0.481 e. The zero-order valence-corrected chi connectivity index (χ0v) is 25.7. The highest BCUT2D eigenvalue weighted by Crippen LogP contribution is 2.42. The number of aliphatic hydroxyl groups excluding tert-OH is 1. The van der Waals surface area contributed by atoms with E-state index in [1.807, 2.05) is 11.8 Å². The molecular weight excluding hydrogens is 602 g/mol.